The molecule has 0 saturated heterocycles. The third kappa shape index (κ3) is 4.74. The minimum Gasteiger partial charge on any atom is -0.463 e. The SMILES string of the molecule is CCCNCc1ccc(CN(C)Cc2csc(C)n2)o1. The van der Waals surface area contributed by atoms with E-state index in [0.29, 0.717) is 0 Å². The van der Waals surface area contributed by atoms with Crippen molar-refractivity contribution >= 4 is 11.3 Å². The summed E-state index contributed by atoms with van der Waals surface area (Å²) in [6, 6.07) is 4.12. The molecule has 110 valence electrons. The molecule has 0 amide bonds. The summed E-state index contributed by atoms with van der Waals surface area (Å²) in [5, 5.41) is 6.58. The fourth-order valence-corrected chi connectivity index (χ4v) is 2.67. The van der Waals surface area contributed by atoms with E-state index in [-0.39, 0.29) is 0 Å². The van der Waals surface area contributed by atoms with E-state index in [0.717, 1.165) is 54.8 Å². The summed E-state index contributed by atoms with van der Waals surface area (Å²) < 4.78 is 5.82. The summed E-state index contributed by atoms with van der Waals surface area (Å²) in [5.74, 6) is 2.01. The van der Waals surface area contributed by atoms with Crippen LogP contribution in [0.1, 0.15) is 35.6 Å². The van der Waals surface area contributed by atoms with Crippen LogP contribution in [0.25, 0.3) is 0 Å². The minimum atomic E-state index is 0.808. The smallest absolute Gasteiger partial charge is 0.118 e. The van der Waals surface area contributed by atoms with Crippen LogP contribution in [-0.4, -0.2) is 23.5 Å². The van der Waals surface area contributed by atoms with Crippen molar-refractivity contribution in [1.82, 2.24) is 15.2 Å². The molecule has 2 aromatic heterocycles. The first-order chi connectivity index (χ1) is 9.67. The van der Waals surface area contributed by atoms with Gasteiger partial charge in [-0.15, -0.1) is 11.3 Å². The van der Waals surface area contributed by atoms with E-state index in [1.165, 1.54) is 0 Å². The van der Waals surface area contributed by atoms with Gasteiger partial charge in [-0.3, -0.25) is 4.90 Å². The van der Waals surface area contributed by atoms with Gasteiger partial charge in [0.25, 0.3) is 0 Å². The third-order valence-electron chi connectivity index (χ3n) is 2.97. The van der Waals surface area contributed by atoms with Crippen molar-refractivity contribution in [3.8, 4) is 0 Å². The molecule has 0 bridgehead atoms. The maximum atomic E-state index is 5.82. The van der Waals surface area contributed by atoms with Crippen LogP contribution in [0, 0.1) is 6.92 Å². The van der Waals surface area contributed by atoms with Gasteiger partial charge < -0.3 is 9.73 Å². The van der Waals surface area contributed by atoms with Crippen molar-refractivity contribution in [2.75, 3.05) is 13.6 Å². The number of hydrogen-bond acceptors (Lipinski definition) is 5. The fraction of sp³-hybridized carbons (Fsp3) is 0.533. The third-order valence-corrected chi connectivity index (χ3v) is 3.79. The Morgan fingerprint density at radius 1 is 1.30 bits per heavy atom. The topological polar surface area (TPSA) is 41.3 Å². The van der Waals surface area contributed by atoms with Crippen molar-refractivity contribution in [3.63, 3.8) is 0 Å². The highest BCUT2D eigenvalue weighted by molar-refractivity contribution is 7.09. The van der Waals surface area contributed by atoms with E-state index in [4.69, 9.17) is 4.42 Å². The molecule has 2 rings (SSSR count). The molecule has 0 fully saturated rings. The first-order valence-electron chi connectivity index (χ1n) is 7.05. The van der Waals surface area contributed by atoms with Crippen molar-refractivity contribution in [2.24, 2.45) is 0 Å². The Kier molecular flexibility index (Phi) is 5.76. The van der Waals surface area contributed by atoms with Crippen LogP contribution in [0.5, 0.6) is 0 Å². The van der Waals surface area contributed by atoms with E-state index in [2.05, 4.69) is 46.7 Å². The number of hydrogen-bond donors (Lipinski definition) is 1. The lowest BCUT2D eigenvalue weighted by Crippen LogP contribution is -2.17. The number of thiazole rings is 1. The summed E-state index contributed by atoms with van der Waals surface area (Å²) >= 11 is 1.70. The average Bonchev–Trinajstić information content (AvgIpc) is 2.99. The van der Waals surface area contributed by atoms with Gasteiger partial charge >= 0.3 is 0 Å². The van der Waals surface area contributed by atoms with Gasteiger partial charge in [-0.1, -0.05) is 6.92 Å². The molecule has 2 heterocycles. The number of furan rings is 1. The van der Waals surface area contributed by atoms with Gasteiger partial charge in [0.15, 0.2) is 0 Å². The summed E-state index contributed by atoms with van der Waals surface area (Å²) in [4.78, 5) is 6.70. The zero-order valence-corrected chi connectivity index (χ0v) is 13.3. The fourth-order valence-electron chi connectivity index (χ4n) is 2.07. The van der Waals surface area contributed by atoms with Gasteiger partial charge in [-0.05, 0) is 39.1 Å². The zero-order chi connectivity index (χ0) is 14.4. The number of aromatic nitrogens is 1. The molecular formula is C15H23N3OS. The minimum absolute atomic E-state index is 0.808. The summed E-state index contributed by atoms with van der Waals surface area (Å²) in [5.41, 5.74) is 1.13. The molecule has 5 heteroatoms. The van der Waals surface area contributed by atoms with Crippen LogP contribution in [0.3, 0.4) is 0 Å². The van der Waals surface area contributed by atoms with Crippen LogP contribution in [0.2, 0.25) is 0 Å². The van der Waals surface area contributed by atoms with Gasteiger partial charge in [0.1, 0.15) is 11.5 Å². The second kappa shape index (κ2) is 7.57. The average molecular weight is 293 g/mol. The molecule has 0 spiro atoms. The van der Waals surface area contributed by atoms with Crippen molar-refractivity contribution in [1.29, 1.82) is 0 Å². The molecule has 0 aromatic carbocycles. The molecule has 0 radical (unpaired) electrons. The lowest BCUT2D eigenvalue weighted by atomic mass is 10.3. The summed E-state index contributed by atoms with van der Waals surface area (Å²) in [6.45, 7) is 7.70. The van der Waals surface area contributed by atoms with Crippen molar-refractivity contribution in [3.05, 3.63) is 39.7 Å². The molecule has 2 aromatic rings. The van der Waals surface area contributed by atoms with E-state index < -0.39 is 0 Å². The molecule has 1 N–H and O–H groups in total. The van der Waals surface area contributed by atoms with Gasteiger partial charge in [0, 0.05) is 11.9 Å². The second-order valence-electron chi connectivity index (χ2n) is 5.07. The Balaban J connectivity index is 1.80. The maximum absolute atomic E-state index is 5.82. The Hall–Kier alpha value is -1.17. The second-order valence-corrected chi connectivity index (χ2v) is 6.14. The highest BCUT2D eigenvalue weighted by Gasteiger charge is 2.07. The standard InChI is InChI=1S/C15H23N3OS/c1-4-7-16-8-14-5-6-15(19-14)10-18(3)9-13-11-20-12(2)17-13/h5-6,11,16H,4,7-10H2,1-3H3. The molecule has 4 nitrogen and oxygen atoms in total. The highest BCUT2D eigenvalue weighted by Crippen LogP contribution is 2.13. The molecule has 0 aliphatic rings. The van der Waals surface area contributed by atoms with Crippen LogP contribution in [-0.2, 0) is 19.6 Å². The van der Waals surface area contributed by atoms with Gasteiger partial charge in [-0.25, -0.2) is 4.98 Å². The quantitative estimate of drug-likeness (QED) is 0.759. The molecule has 0 aliphatic heterocycles. The summed E-state index contributed by atoms with van der Waals surface area (Å²) in [6.07, 6.45) is 1.14. The van der Waals surface area contributed by atoms with E-state index in [9.17, 15) is 0 Å². The normalized spacial score (nSPS) is 11.4. The lowest BCUT2D eigenvalue weighted by molar-refractivity contribution is 0.280. The van der Waals surface area contributed by atoms with Gasteiger partial charge in [-0.2, -0.15) is 0 Å². The lowest BCUT2D eigenvalue weighted by Gasteiger charge is -2.13. The number of nitrogens with zero attached hydrogens (tertiary/aromatic N) is 2. The molecule has 0 aliphatic carbocycles. The van der Waals surface area contributed by atoms with Crippen molar-refractivity contribution in [2.45, 2.75) is 39.9 Å². The van der Waals surface area contributed by atoms with E-state index in [1.54, 1.807) is 11.3 Å². The predicted molar refractivity (Wildman–Crippen MR) is 82.7 cm³/mol. The largest absolute Gasteiger partial charge is 0.463 e. The Morgan fingerprint density at radius 2 is 2.10 bits per heavy atom. The van der Waals surface area contributed by atoms with E-state index >= 15 is 0 Å². The Bertz CT molecular complexity index is 521. The summed E-state index contributed by atoms with van der Waals surface area (Å²) in [7, 11) is 2.09. The van der Waals surface area contributed by atoms with Crippen LogP contribution in [0.15, 0.2) is 21.9 Å². The molecule has 20 heavy (non-hydrogen) atoms. The first kappa shape index (κ1) is 15.2. The number of rotatable bonds is 8. The molecule has 0 saturated carbocycles. The van der Waals surface area contributed by atoms with Crippen LogP contribution >= 0.6 is 11.3 Å². The predicted octanol–water partition coefficient (Wildman–Crippen LogP) is 3.18. The monoisotopic (exact) mass is 293 g/mol. The first-order valence-corrected chi connectivity index (χ1v) is 7.93. The van der Waals surface area contributed by atoms with Gasteiger partial charge in [0.05, 0.1) is 23.8 Å². The molecule has 0 atom stereocenters. The van der Waals surface area contributed by atoms with Crippen LogP contribution < -0.4 is 5.32 Å². The molecule has 0 unspecified atom stereocenters. The number of nitrogens with one attached hydrogen (secondary N) is 1. The van der Waals surface area contributed by atoms with E-state index in [1.807, 2.05) is 6.92 Å². The van der Waals surface area contributed by atoms with Crippen LogP contribution in [0.4, 0.5) is 0 Å². The number of aryl methyl sites for hydroxylation is 1. The van der Waals surface area contributed by atoms with Crippen molar-refractivity contribution < 1.29 is 4.42 Å². The highest BCUT2D eigenvalue weighted by atomic mass is 32.1. The maximum Gasteiger partial charge on any atom is 0.118 e. The zero-order valence-electron chi connectivity index (χ0n) is 12.5. The Morgan fingerprint density at radius 3 is 2.80 bits per heavy atom. The Labute approximate surface area is 124 Å². The van der Waals surface area contributed by atoms with Gasteiger partial charge in [0.2, 0.25) is 0 Å². The molecular weight excluding hydrogens is 270 g/mol.